The van der Waals surface area contributed by atoms with E-state index in [1.165, 1.54) is 0 Å². The van der Waals surface area contributed by atoms with Crippen LogP contribution >= 0.6 is 0 Å². The van der Waals surface area contributed by atoms with Gasteiger partial charge in [-0.1, -0.05) is 6.07 Å². The van der Waals surface area contributed by atoms with Gasteiger partial charge in [0.15, 0.2) is 0 Å². The van der Waals surface area contributed by atoms with Gasteiger partial charge in [-0.2, -0.15) is 13.2 Å². The van der Waals surface area contributed by atoms with E-state index < -0.39 is 33.2 Å². The van der Waals surface area contributed by atoms with Crippen molar-refractivity contribution in [3.8, 4) is 5.75 Å². The molecule has 0 fully saturated rings. The van der Waals surface area contributed by atoms with Crippen LogP contribution in [0, 0.1) is 0 Å². The van der Waals surface area contributed by atoms with Crippen LogP contribution in [0.2, 0.25) is 0 Å². The normalized spacial score (nSPS) is 12.5. The summed E-state index contributed by atoms with van der Waals surface area (Å²) < 4.78 is 60.7. The number of nitrogens with one attached hydrogen (secondary N) is 1. The van der Waals surface area contributed by atoms with E-state index >= 15 is 0 Å². The maximum absolute atomic E-state index is 12.5. The van der Waals surface area contributed by atoms with Crippen molar-refractivity contribution in [2.24, 2.45) is 0 Å². The smallest absolute Gasteiger partial charge is 0.418 e. The van der Waals surface area contributed by atoms with E-state index in [1.807, 2.05) is 0 Å². The van der Waals surface area contributed by atoms with Gasteiger partial charge in [-0.25, -0.2) is 8.42 Å². The number of hydrogen-bond donors (Lipinski definition) is 2. The Balaban J connectivity index is 3.36. The van der Waals surface area contributed by atoms with Crippen molar-refractivity contribution in [1.82, 2.24) is 0 Å². The summed E-state index contributed by atoms with van der Waals surface area (Å²) in [7, 11) is -3.89. The molecule has 0 aliphatic carbocycles. The number of alkyl halides is 3. The molecule has 0 aromatic heterocycles. The van der Waals surface area contributed by atoms with Crippen LogP contribution in [0.15, 0.2) is 18.2 Å². The Morgan fingerprint density at radius 3 is 2.31 bits per heavy atom. The zero-order chi connectivity index (χ0) is 12.6. The Kier molecular flexibility index (Phi) is 3.04. The van der Waals surface area contributed by atoms with Crippen LogP contribution in [0.5, 0.6) is 5.75 Å². The summed E-state index contributed by atoms with van der Waals surface area (Å²) >= 11 is 0. The van der Waals surface area contributed by atoms with Crippen LogP contribution in [0.25, 0.3) is 0 Å². The summed E-state index contributed by atoms with van der Waals surface area (Å²) in [5.74, 6) is -0.778. The monoisotopic (exact) mass is 255 g/mol. The summed E-state index contributed by atoms with van der Waals surface area (Å²) in [4.78, 5) is 0. The van der Waals surface area contributed by atoms with Crippen LogP contribution in [-0.2, 0) is 16.2 Å². The van der Waals surface area contributed by atoms with Gasteiger partial charge in [-0.3, -0.25) is 4.72 Å². The summed E-state index contributed by atoms with van der Waals surface area (Å²) in [6.07, 6.45) is -4.05. The number of hydrogen-bond acceptors (Lipinski definition) is 3. The summed E-state index contributed by atoms with van der Waals surface area (Å²) in [6.45, 7) is 0. The molecule has 0 saturated heterocycles. The number of phenolic OH excluding ortho intramolecular Hbond substituents is 1. The number of sulfonamides is 1. The molecule has 0 aliphatic heterocycles. The number of phenols is 1. The molecule has 4 nitrogen and oxygen atoms in total. The molecular formula is C8H8F3NO3S. The average molecular weight is 255 g/mol. The number of para-hydroxylation sites is 1. The largest absolute Gasteiger partial charge is 0.506 e. The van der Waals surface area contributed by atoms with Crippen molar-refractivity contribution >= 4 is 15.7 Å². The fourth-order valence-corrected chi connectivity index (χ4v) is 1.65. The highest BCUT2D eigenvalue weighted by Crippen LogP contribution is 2.39. The van der Waals surface area contributed by atoms with Gasteiger partial charge in [0.25, 0.3) is 0 Å². The van der Waals surface area contributed by atoms with Crippen molar-refractivity contribution in [1.29, 1.82) is 0 Å². The molecule has 0 spiro atoms. The van der Waals surface area contributed by atoms with Gasteiger partial charge in [-0.15, -0.1) is 0 Å². The number of benzene rings is 1. The highest BCUT2D eigenvalue weighted by molar-refractivity contribution is 7.92. The number of aromatic hydroxyl groups is 1. The first-order valence-corrected chi connectivity index (χ1v) is 5.87. The van der Waals surface area contributed by atoms with Gasteiger partial charge in [0.05, 0.1) is 11.8 Å². The minimum Gasteiger partial charge on any atom is -0.506 e. The highest BCUT2D eigenvalue weighted by atomic mass is 32.2. The van der Waals surface area contributed by atoms with E-state index in [0.717, 1.165) is 12.1 Å². The molecule has 0 bridgehead atoms. The third kappa shape index (κ3) is 3.02. The van der Waals surface area contributed by atoms with Crippen molar-refractivity contribution in [3.05, 3.63) is 23.8 Å². The Morgan fingerprint density at radius 1 is 1.31 bits per heavy atom. The Hall–Kier alpha value is -1.44. The molecule has 1 aromatic rings. The second-order valence-electron chi connectivity index (χ2n) is 3.07. The zero-order valence-electron chi connectivity index (χ0n) is 8.04. The maximum Gasteiger partial charge on any atom is 0.418 e. The zero-order valence-corrected chi connectivity index (χ0v) is 8.85. The van der Waals surface area contributed by atoms with Crippen LogP contribution in [0.4, 0.5) is 18.9 Å². The first kappa shape index (κ1) is 12.6. The second kappa shape index (κ2) is 3.85. The van der Waals surface area contributed by atoms with E-state index in [1.54, 1.807) is 4.72 Å². The predicted molar refractivity (Wildman–Crippen MR) is 51.6 cm³/mol. The van der Waals surface area contributed by atoms with Gasteiger partial charge in [0.1, 0.15) is 11.4 Å². The van der Waals surface area contributed by atoms with Gasteiger partial charge >= 0.3 is 6.18 Å². The van der Waals surface area contributed by atoms with Crippen LogP contribution in [0.1, 0.15) is 5.56 Å². The molecule has 0 heterocycles. The predicted octanol–water partition coefficient (Wildman–Crippen LogP) is 1.78. The summed E-state index contributed by atoms with van der Waals surface area (Å²) in [5.41, 5.74) is -2.10. The molecular weight excluding hydrogens is 247 g/mol. The number of anilines is 1. The third-order valence-electron chi connectivity index (χ3n) is 1.64. The molecule has 2 N–H and O–H groups in total. The number of rotatable bonds is 2. The lowest BCUT2D eigenvalue weighted by Gasteiger charge is -2.14. The first-order chi connectivity index (χ1) is 7.11. The fraction of sp³-hybridized carbons (Fsp3) is 0.250. The molecule has 0 amide bonds. The molecule has 1 aromatic carbocycles. The molecule has 16 heavy (non-hydrogen) atoms. The highest BCUT2D eigenvalue weighted by Gasteiger charge is 2.35. The third-order valence-corrected chi connectivity index (χ3v) is 2.21. The molecule has 0 unspecified atom stereocenters. The minimum absolute atomic E-state index is 0.674. The molecule has 8 heteroatoms. The minimum atomic E-state index is -4.74. The van der Waals surface area contributed by atoms with Crippen molar-refractivity contribution in [2.75, 3.05) is 11.0 Å². The standard InChI is InChI=1S/C8H8F3NO3S/c1-16(14,15)12-7-5(8(9,10)11)3-2-4-6(7)13/h2-4,12-13H,1H3. The van der Waals surface area contributed by atoms with E-state index in [9.17, 15) is 26.7 Å². The Morgan fingerprint density at radius 2 is 1.88 bits per heavy atom. The lowest BCUT2D eigenvalue weighted by Crippen LogP contribution is -2.15. The molecule has 0 aliphatic rings. The summed E-state index contributed by atoms with van der Waals surface area (Å²) in [5, 5.41) is 9.19. The maximum atomic E-state index is 12.5. The van der Waals surface area contributed by atoms with Crippen LogP contribution < -0.4 is 4.72 Å². The average Bonchev–Trinajstić information content (AvgIpc) is 2.04. The van der Waals surface area contributed by atoms with Crippen LogP contribution in [-0.4, -0.2) is 19.8 Å². The lowest BCUT2D eigenvalue weighted by molar-refractivity contribution is -0.137. The van der Waals surface area contributed by atoms with Crippen molar-refractivity contribution in [3.63, 3.8) is 0 Å². The van der Waals surface area contributed by atoms with Gasteiger partial charge in [-0.05, 0) is 12.1 Å². The molecule has 0 atom stereocenters. The fourth-order valence-electron chi connectivity index (χ4n) is 1.07. The van der Waals surface area contributed by atoms with Gasteiger partial charge in [0.2, 0.25) is 10.0 Å². The topological polar surface area (TPSA) is 66.4 Å². The van der Waals surface area contributed by atoms with Crippen LogP contribution in [0.3, 0.4) is 0 Å². The van der Waals surface area contributed by atoms with E-state index in [0.29, 0.717) is 12.3 Å². The second-order valence-corrected chi connectivity index (χ2v) is 4.82. The quantitative estimate of drug-likeness (QED) is 0.792. The van der Waals surface area contributed by atoms with E-state index in [2.05, 4.69) is 0 Å². The Bertz CT molecular complexity index is 496. The number of halogens is 3. The SMILES string of the molecule is CS(=O)(=O)Nc1c(O)cccc1C(F)(F)F. The molecule has 1 rings (SSSR count). The van der Waals surface area contributed by atoms with E-state index in [4.69, 9.17) is 0 Å². The van der Waals surface area contributed by atoms with Gasteiger partial charge < -0.3 is 5.11 Å². The molecule has 0 radical (unpaired) electrons. The molecule has 0 saturated carbocycles. The Labute approximate surface area is 89.8 Å². The van der Waals surface area contributed by atoms with Crippen molar-refractivity contribution < 1.29 is 26.7 Å². The molecule has 90 valence electrons. The van der Waals surface area contributed by atoms with Crippen molar-refractivity contribution in [2.45, 2.75) is 6.18 Å². The summed E-state index contributed by atoms with van der Waals surface area (Å²) in [6, 6.07) is 2.61. The van der Waals surface area contributed by atoms with Gasteiger partial charge in [0, 0.05) is 0 Å². The lowest BCUT2D eigenvalue weighted by atomic mass is 10.1. The van der Waals surface area contributed by atoms with E-state index in [-0.39, 0.29) is 0 Å². The first-order valence-electron chi connectivity index (χ1n) is 3.98.